The molecule has 110 valence electrons. The monoisotopic (exact) mass is 287 g/mol. The highest BCUT2D eigenvalue weighted by molar-refractivity contribution is 5.96. The molecule has 0 bridgehead atoms. The highest BCUT2D eigenvalue weighted by Gasteiger charge is 2.23. The minimum Gasteiger partial charge on any atom is -0.480 e. The third-order valence-electron chi connectivity index (χ3n) is 3.12. The van der Waals surface area contributed by atoms with E-state index in [9.17, 15) is 9.59 Å². The van der Waals surface area contributed by atoms with Crippen molar-refractivity contribution >= 4 is 11.9 Å². The summed E-state index contributed by atoms with van der Waals surface area (Å²) in [7, 11) is 0. The molecule has 0 saturated heterocycles. The van der Waals surface area contributed by atoms with E-state index >= 15 is 0 Å². The molecule has 0 aliphatic rings. The third-order valence-corrected chi connectivity index (χ3v) is 3.12. The van der Waals surface area contributed by atoms with Crippen molar-refractivity contribution in [3.63, 3.8) is 0 Å². The Hall–Kier alpha value is -2.63. The molecule has 21 heavy (non-hydrogen) atoms. The van der Waals surface area contributed by atoms with Crippen molar-refractivity contribution in [3.05, 3.63) is 48.3 Å². The summed E-state index contributed by atoms with van der Waals surface area (Å²) >= 11 is 0. The summed E-state index contributed by atoms with van der Waals surface area (Å²) in [5, 5.41) is 15.7. The van der Waals surface area contributed by atoms with Gasteiger partial charge in [-0.3, -0.25) is 4.79 Å². The van der Waals surface area contributed by atoms with Crippen LogP contribution >= 0.6 is 0 Å². The number of hydrogen-bond donors (Lipinski definition) is 2. The van der Waals surface area contributed by atoms with E-state index < -0.39 is 17.9 Å². The molecule has 0 spiro atoms. The van der Waals surface area contributed by atoms with Gasteiger partial charge in [0, 0.05) is 18.0 Å². The normalized spacial score (nSPS) is 12.1. The Labute approximate surface area is 122 Å². The fourth-order valence-corrected chi connectivity index (χ4v) is 1.93. The number of aromatic nitrogens is 2. The van der Waals surface area contributed by atoms with Crippen molar-refractivity contribution in [2.24, 2.45) is 5.92 Å². The minimum atomic E-state index is -1.04. The van der Waals surface area contributed by atoms with E-state index in [4.69, 9.17) is 5.11 Å². The fraction of sp³-hybridized carbons (Fsp3) is 0.267. The molecule has 1 heterocycles. The summed E-state index contributed by atoms with van der Waals surface area (Å²) in [4.78, 5) is 23.2. The van der Waals surface area contributed by atoms with Gasteiger partial charge in [0.15, 0.2) is 0 Å². The molecule has 0 saturated carbocycles. The summed E-state index contributed by atoms with van der Waals surface area (Å²) in [6.45, 7) is 3.50. The molecule has 0 fully saturated rings. The van der Waals surface area contributed by atoms with Crippen LogP contribution in [0.2, 0.25) is 0 Å². The summed E-state index contributed by atoms with van der Waals surface area (Å²) in [5.41, 5.74) is 1.24. The number of nitrogens with zero attached hydrogens (tertiary/aromatic N) is 2. The highest BCUT2D eigenvalue weighted by Crippen LogP contribution is 2.10. The van der Waals surface area contributed by atoms with Gasteiger partial charge < -0.3 is 10.4 Å². The Kier molecular flexibility index (Phi) is 4.37. The van der Waals surface area contributed by atoms with E-state index in [0.29, 0.717) is 5.56 Å². The third kappa shape index (κ3) is 3.47. The number of aliphatic carboxylic acids is 1. The smallest absolute Gasteiger partial charge is 0.326 e. The van der Waals surface area contributed by atoms with Crippen LogP contribution < -0.4 is 5.32 Å². The number of carbonyl (C=O) groups excluding carboxylic acids is 1. The Bertz CT molecular complexity index is 618. The lowest BCUT2D eigenvalue weighted by atomic mass is 10.0. The second-order valence-electron chi connectivity index (χ2n) is 5.03. The number of carboxylic acids is 1. The Morgan fingerprint density at radius 2 is 1.90 bits per heavy atom. The number of carboxylic acid groups (broad SMARTS) is 1. The lowest BCUT2D eigenvalue weighted by molar-refractivity contribution is -0.140. The van der Waals surface area contributed by atoms with Crippen LogP contribution in [0, 0.1) is 5.92 Å². The van der Waals surface area contributed by atoms with Crippen molar-refractivity contribution in [3.8, 4) is 5.69 Å². The van der Waals surface area contributed by atoms with Crippen LogP contribution in [0.4, 0.5) is 0 Å². The first-order valence-corrected chi connectivity index (χ1v) is 6.63. The molecule has 0 radical (unpaired) electrons. The lowest BCUT2D eigenvalue weighted by Crippen LogP contribution is -2.44. The molecule has 6 nitrogen and oxygen atoms in total. The van der Waals surface area contributed by atoms with E-state index in [1.54, 1.807) is 61.3 Å². The molecular formula is C15H17N3O3. The SMILES string of the molecule is CC(C)[C@H](NC(=O)c1ccc(-n2cccn2)cc1)C(=O)O. The molecule has 2 rings (SSSR count). The van der Waals surface area contributed by atoms with Crippen LogP contribution in [-0.2, 0) is 4.79 Å². The van der Waals surface area contributed by atoms with Crippen LogP contribution in [0.5, 0.6) is 0 Å². The molecule has 1 aromatic heterocycles. The van der Waals surface area contributed by atoms with Gasteiger partial charge in [0.1, 0.15) is 6.04 Å². The number of amides is 1. The molecule has 0 aliphatic carbocycles. The maximum Gasteiger partial charge on any atom is 0.326 e. The average Bonchev–Trinajstić information content (AvgIpc) is 2.98. The van der Waals surface area contributed by atoms with Crippen molar-refractivity contribution in [2.75, 3.05) is 0 Å². The molecular weight excluding hydrogens is 270 g/mol. The average molecular weight is 287 g/mol. The van der Waals surface area contributed by atoms with Crippen LogP contribution in [0.1, 0.15) is 24.2 Å². The first-order chi connectivity index (χ1) is 9.99. The van der Waals surface area contributed by atoms with E-state index in [1.165, 1.54) is 0 Å². The first kappa shape index (κ1) is 14.8. The Morgan fingerprint density at radius 1 is 1.24 bits per heavy atom. The van der Waals surface area contributed by atoms with Gasteiger partial charge in [-0.25, -0.2) is 9.48 Å². The summed E-state index contributed by atoms with van der Waals surface area (Å²) in [6, 6.07) is 7.71. The Morgan fingerprint density at radius 3 is 2.38 bits per heavy atom. The fourth-order valence-electron chi connectivity index (χ4n) is 1.93. The molecule has 0 unspecified atom stereocenters. The molecule has 6 heteroatoms. The van der Waals surface area contributed by atoms with Gasteiger partial charge in [-0.1, -0.05) is 13.8 Å². The molecule has 2 aromatic rings. The zero-order valence-corrected chi connectivity index (χ0v) is 11.9. The number of benzene rings is 1. The predicted octanol–water partition coefficient (Wildman–Crippen LogP) is 1.71. The Balaban J connectivity index is 2.11. The number of nitrogens with one attached hydrogen (secondary N) is 1. The number of rotatable bonds is 5. The van der Waals surface area contributed by atoms with Crippen LogP contribution in [-0.4, -0.2) is 32.8 Å². The molecule has 1 amide bonds. The zero-order valence-electron chi connectivity index (χ0n) is 11.9. The van der Waals surface area contributed by atoms with Crippen LogP contribution in [0.25, 0.3) is 5.69 Å². The second-order valence-corrected chi connectivity index (χ2v) is 5.03. The molecule has 0 aliphatic heterocycles. The maximum atomic E-state index is 12.1. The van der Waals surface area contributed by atoms with Crippen molar-refractivity contribution in [1.29, 1.82) is 0 Å². The van der Waals surface area contributed by atoms with Gasteiger partial charge >= 0.3 is 5.97 Å². The van der Waals surface area contributed by atoms with Crippen molar-refractivity contribution in [2.45, 2.75) is 19.9 Å². The van der Waals surface area contributed by atoms with Crippen LogP contribution in [0.15, 0.2) is 42.7 Å². The van der Waals surface area contributed by atoms with Gasteiger partial charge in [-0.2, -0.15) is 5.10 Å². The molecule has 1 atom stereocenters. The van der Waals surface area contributed by atoms with Crippen LogP contribution in [0.3, 0.4) is 0 Å². The number of hydrogen-bond acceptors (Lipinski definition) is 3. The first-order valence-electron chi connectivity index (χ1n) is 6.63. The summed E-state index contributed by atoms with van der Waals surface area (Å²) in [6.07, 6.45) is 3.47. The molecule has 2 N–H and O–H groups in total. The van der Waals surface area contributed by atoms with Gasteiger partial charge in [0.25, 0.3) is 5.91 Å². The van der Waals surface area contributed by atoms with E-state index in [1.807, 2.05) is 0 Å². The molecule has 1 aromatic carbocycles. The summed E-state index contributed by atoms with van der Waals surface area (Å²) < 4.78 is 1.68. The zero-order chi connectivity index (χ0) is 15.4. The largest absolute Gasteiger partial charge is 0.480 e. The van der Waals surface area contributed by atoms with Gasteiger partial charge in [0.05, 0.1) is 5.69 Å². The maximum absolute atomic E-state index is 12.1. The van der Waals surface area contributed by atoms with Gasteiger partial charge in [-0.15, -0.1) is 0 Å². The summed E-state index contributed by atoms with van der Waals surface area (Å²) in [5.74, 6) is -1.62. The standard InChI is InChI=1S/C15H17N3O3/c1-10(2)13(15(20)21)17-14(19)11-4-6-12(7-5-11)18-9-3-8-16-18/h3-10,13H,1-2H3,(H,17,19)(H,20,21)/t13-/m0/s1. The predicted molar refractivity (Wildman–Crippen MR) is 77.3 cm³/mol. The topological polar surface area (TPSA) is 84.2 Å². The van der Waals surface area contributed by atoms with Gasteiger partial charge in [0.2, 0.25) is 0 Å². The van der Waals surface area contributed by atoms with Crippen molar-refractivity contribution in [1.82, 2.24) is 15.1 Å². The second kappa shape index (κ2) is 6.21. The van der Waals surface area contributed by atoms with E-state index in [0.717, 1.165) is 5.69 Å². The lowest BCUT2D eigenvalue weighted by Gasteiger charge is -2.17. The minimum absolute atomic E-state index is 0.185. The van der Waals surface area contributed by atoms with E-state index in [2.05, 4.69) is 10.4 Å². The number of carbonyl (C=O) groups is 2. The highest BCUT2D eigenvalue weighted by atomic mass is 16.4. The van der Waals surface area contributed by atoms with Gasteiger partial charge in [-0.05, 0) is 36.2 Å². The van der Waals surface area contributed by atoms with E-state index in [-0.39, 0.29) is 5.92 Å². The quantitative estimate of drug-likeness (QED) is 0.876. The van der Waals surface area contributed by atoms with Crippen molar-refractivity contribution < 1.29 is 14.7 Å².